The van der Waals surface area contributed by atoms with Gasteiger partial charge in [0.15, 0.2) is 0 Å². The molecule has 0 aliphatic rings. The Balaban J connectivity index is 2.29. The number of nitrogens with one attached hydrogen (secondary N) is 1. The van der Waals surface area contributed by atoms with Crippen LogP contribution in [0.1, 0.15) is 25.8 Å². The standard InChI is InChI=1S/C12H13Cl2N3O/c1-3-15-7(2)12-16-11(17-18-12)8-4-9(13)6-10(14)5-8/h4-7,15H,3H2,1-2H3. The van der Waals surface area contributed by atoms with Crippen LogP contribution in [0.25, 0.3) is 11.4 Å². The van der Waals surface area contributed by atoms with E-state index in [1.54, 1.807) is 18.2 Å². The van der Waals surface area contributed by atoms with Crippen molar-refractivity contribution in [2.45, 2.75) is 19.9 Å². The van der Waals surface area contributed by atoms with Gasteiger partial charge in [0.05, 0.1) is 6.04 Å². The lowest BCUT2D eigenvalue weighted by Gasteiger charge is -2.05. The van der Waals surface area contributed by atoms with Crippen LogP contribution >= 0.6 is 23.2 Å². The van der Waals surface area contributed by atoms with E-state index in [0.717, 1.165) is 12.1 Å². The van der Waals surface area contributed by atoms with Gasteiger partial charge in [-0.25, -0.2) is 0 Å². The van der Waals surface area contributed by atoms with Crippen LogP contribution < -0.4 is 5.32 Å². The molecule has 1 heterocycles. The van der Waals surface area contributed by atoms with Crippen molar-refractivity contribution in [3.63, 3.8) is 0 Å². The summed E-state index contributed by atoms with van der Waals surface area (Å²) in [6, 6.07) is 5.18. The lowest BCUT2D eigenvalue weighted by atomic mass is 10.2. The quantitative estimate of drug-likeness (QED) is 0.930. The van der Waals surface area contributed by atoms with Crippen molar-refractivity contribution >= 4 is 23.2 Å². The first-order chi connectivity index (χ1) is 8.60. The fourth-order valence-electron chi connectivity index (χ4n) is 1.60. The second-order valence-corrected chi connectivity index (χ2v) is 4.77. The maximum Gasteiger partial charge on any atom is 0.243 e. The summed E-state index contributed by atoms with van der Waals surface area (Å²) in [7, 11) is 0. The number of halogens is 2. The first kappa shape index (κ1) is 13.3. The van der Waals surface area contributed by atoms with Crippen LogP contribution in [-0.4, -0.2) is 16.7 Å². The summed E-state index contributed by atoms with van der Waals surface area (Å²) in [5.41, 5.74) is 0.742. The van der Waals surface area contributed by atoms with Crippen molar-refractivity contribution < 1.29 is 4.52 Å². The van der Waals surface area contributed by atoms with E-state index in [0.29, 0.717) is 21.8 Å². The molecule has 2 aromatic rings. The Bertz CT molecular complexity index is 522. The van der Waals surface area contributed by atoms with E-state index in [2.05, 4.69) is 15.5 Å². The van der Waals surface area contributed by atoms with E-state index in [1.165, 1.54) is 0 Å². The average molecular weight is 286 g/mol. The SMILES string of the molecule is CCNC(C)c1nc(-c2cc(Cl)cc(Cl)c2)no1. The smallest absolute Gasteiger partial charge is 0.243 e. The fraction of sp³-hybridized carbons (Fsp3) is 0.333. The monoisotopic (exact) mass is 285 g/mol. The maximum absolute atomic E-state index is 5.94. The van der Waals surface area contributed by atoms with Gasteiger partial charge in [-0.2, -0.15) is 4.98 Å². The Morgan fingerprint density at radius 1 is 1.28 bits per heavy atom. The van der Waals surface area contributed by atoms with Crippen LogP contribution in [0.3, 0.4) is 0 Å². The average Bonchev–Trinajstić information content (AvgIpc) is 2.77. The molecule has 0 amide bonds. The van der Waals surface area contributed by atoms with Gasteiger partial charge in [0.1, 0.15) is 0 Å². The van der Waals surface area contributed by atoms with E-state index in [1.807, 2.05) is 13.8 Å². The molecule has 1 unspecified atom stereocenters. The predicted octanol–water partition coefficient (Wildman–Crippen LogP) is 3.71. The molecule has 6 heteroatoms. The summed E-state index contributed by atoms with van der Waals surface area (Å²) in [6.07, 6.45) is 0. The molecule has 0 bridgehead atoms. The summed E-state index contributed by atoms with van der Waals surface area (Å²) < 4.78 is 5.20. The van der Waals surface area contributed by atoms with Crippen LogP contribution in [0.15, 0.2) is 22.7 Å². The molecule has 1 aromatic heterocycles. The Labute approximate surface area is 115 Å². The minimum atomic E-state index is 0.0194. The minimum absolute atomic E-state index is 0.0194. The highest BCUT2D eigenvalue weighted by atomic mass is 35.5. The van der Waals surface area contributed by atoms with Crippen molar-refractivity contribution in [3.8, 4) is 11.4 Å². The number of hydrogen-bond donors (Lipinski definition) is 1. The van der Waals surface area contributed by atoms with Crippen molar-refractivity contribution in [3.05, 3.63) is 34.1 Å². The van der Waals surface area contributed by atoms with E-state index in [-0.39, 0.29) is 6.04 Å². The third-order valence-electron chi connectivity index (χ3n) is 2.44. The van der Waals surface area contributed by atoms with E-state index >= 15 is 0 Å². The van der Waals surface area contributed by atoms with E-state index < -0.39 is 0 Å². The van der Waals surface area contributed by atoms with E-state index in [9.17, 15) is 0 Å². The largest absolute Gasteiger partial charge is 0.337 e. The van der Waals surface area contributed by atoms with Crippen LogP contribution in [0.5, 0.6) is 0 Å². The molecule has 1 aromatic carbocycles. The maximum atomic E-state index is 5.94. The van der Waals surface area contributed by atoms with Gasteiger partial charge in [0.2, 0.25) is 11.7 Å². The molecule has 0 fully saturated rings. The second kappa shape index (κ2) is 5.69. The zero-order chi connectivity index (χ0) is 13.1. The predicted molar refractivity (Wildman–Crippen MR) is 71.8 cm³/mol. The minimum Gasteiger partial charge on any atom is -0.337 e. The molecule has 0 aliphatic carbocycles. The Hall–Kier alpha value is -1.10. The van der Waals surface area contributed by atoms with Gasteiger partial charge in [-0.1, -0.05) is 35.3 Å². The number of rotatable bonds is 4. The van der Waals surface area contributed by atoms with Crippen molar-refractivity contribution in [2.24, 2.45) is 0 Å². The Kier molecular flexibility index (Phi) is 4.22. The van der Waals surface area contributed by atoms with Crippen LogP contribution in [0.4, 0.5) is 0 Å². The lowest BCUT2D eigenvalue weighted by Crippen LogP contribution is -2.17. The molecule has 0 saturated heterocycles. The normalized spacial score (nSPS) is 12.7. The highest BCUT2D eigenvalue weighted by Crippen LogP contribution is 2.26. The third-order valence-corrected chi connectivity index (χ3v) is 2.88. The molecule has 2 rings (SSSR count). The third kappa shape index (κ3) is 3.02. The molecular formula is C12H13Cl2N3O. The number of benzene rings is 1. The van der Waals surface area contributed by atoms with Gasteiger partial charge >= 0.3 is 0 Å². The second-order valence-electron chi connectivity index (χ2n) is 3.89. The number of aromatic nitrogens is 2. The molecule has 0 spiro atoms. The van der Waals surface area contributed by atoms with Gasteiger partial charge in [-0.3, -0.25) is 0 Å². The number of hydrogen-bond acceptors (Lipinski definition) is 4. The summed E-state index contributed by atoms with van der Waals surface area (Å²) in [5, 5.41) is 8.22. The van der Waals surface area contributed by atoms with Crippen LogP contribution in [0.2, 0.25) is 10.0 Å². The molecule has 0 aliphatic heterocycles. The van der Waals surface area contributed by atoms with Crippen LogP contribution in [0, 0.1) is 0 Å². The van der Waals surface area contributed by atoms with Gasteiger partial charge in [-0.15, -0.1) is 0 Å². The first-order valence-corrected chi connectivity index (χ1v) is 6.39. The van der Waals surface area contributed by atoms with Gasteiger partial charge in [-0.05, 0) is 31.7 Å². The highest BCUT2D eigenvalue weighted by molar-refractivity contribution is 6.35. The molecule has 1 N–H and O–H groups in total. The highest BCUT2D eigenvalue weighted by Gasteiger charge is 2.14. The molecule has 18 heavy (non-hydrogen) atoms. The summed E-state index contributed by atoms with van der Waals surface area (Å²) in [5.74, 6) is 1.03. The molecular weight excluding hydrogens is 273 g/mol. The Morgan fingerprint density at radius 2 is 1.94 bits per heavy atom. The summed E-state index contributed by atoms with van der Waals surface area (Å²) in [4.78, 5) is 4.32. The van der Waals surface area contributed by atoms with Crippen molar-refractivity contribution in [1.82, 2.24) is 15.5 Å². The zero-order valence-corrected chi connectivity index (χ0v) is 11.6. The van der Waals surface area contributed by atoms with Crippen LogP contribution in [-0.2, 0) is 0 Å². The summed E-state index contributed by atoms with van der Waals surface area (Å²) >= 11 is 11.9. The molecule has 0 saturated carbocycles. The first-order valence-electron chi connectivity index (χ1n) is 5.63. The Morgan fingerprint density at radius 3 is 2.56 bits per heavy atom. The van der Waals surface area contributed by atoms with Gasteiger partial charge in [0, 0.05) is 15.6 Å². The van der Waals surface area contributed by atoms with Gasteiger partial charge in [0.25, 0.3) is 0 Å². The molecule has 0 radical (unpaired) electrons. The number of nitrogens with zero attached hydrogens (tertiary/aromatic N) is 2. The molecule has 4 nitrogen and oxygen atoms in total. The molecule has 1 atom stereocenters. The van der Waals surface area contributed by atoms with Gasteiger partial charge < -0.3 is 9.84 Å². The lowest BCUT2D eigenvalue weighted by molar-refractivity contribution is 0.342. The fourth-order valence-corrected chi connectivity index (χ4v) is 2.13. The molecule has 96 valence electrons. The van der Waals surface area contributed by atoms with E-state index in [4.69, 9.17) is 27.7 Å². The zero-order valence-electron chi connectivity index (χ0n) is 10.1. The van der Waals surface area contributed by atoms with Crippen molar-refractivity contribution in [1.29, 1.82) is 0 Å². The topological polar surface area (TPSA) is 51.0 Å². The summed E-state index contributed by atoms with van der Waals surface area (Å²) in [6.45, 7) is 4.82. The van der Waals surface area contributed by atoms with Crippen molar-refractivity contribution in [2.75, 3.05) is 6.54 Å².